The first-order valence-electron chi connectivity index (χ1n) is 7.96. The topological polar surface area (TPSA) is 73.2 Å². The molecule has 8 heteroatoms. The number of rotatable bonds is 5. The predicted molar refractivity (Wildman–Crippen MR) is 93.6 cm³/mol. The van der Waals surface area contributed by atoms with Gasteiger partial charge in [0, 0.05) is 23.6 Å². The average molecular weight is 371 g/mol. The van der Waals surface area contributed by atoms with Gasteiger partial charge in [0.25, 0.3) is 5.91 Å². The second-order valence-corrected chi connectivity index (χ2v) is 5.71. The summed E-state index contributed by atoms with van der Waals surface area (Å²) in [4.78, 5) is 23.8. The van der Waals surface area contributed by atoms with Crippen LogP contribution in [0.5, 0.6) is 0 Å². The van der Waals surface area contributed by atoms with Gasteiger partial charge in [0.05, 0.1) is 11.3 Å². The highest BCUT2D eigenvalue weighted by Crippen LogP contribution is 2.14. The first-order valence-corrected chi connectivity index (χ1v) is 7.96. The Hall–Kier alpha value is -3.55. The number of ether oxygens (including phenoxy) is 1. The molecule has 0 spiro atoms. The maximum Gasteiger partial charge on any atom is 0.338 e. The van der Waals surface area contributed by atoms with E-state index < -0.39 is 30.1 Å². The van der Waals surface area contributed by atoms with Crippen LogP contribution in [-0.4, -0.2) is 28.3 Å². The molecule has 138 valence electrons. The maximum atomic E-state index is 13.1. The zero-order valence-corrected chi connectivity index (χ0v) is 14.3. The number of nitrogens with one attached hydrogen (secondary N) is 1. The van der Waals surface area contributed by atoms with E-state index in [1.54, 1.807) is 35.1 Å². The number of halogens is 2. The molecule has 0 atom stereocenters. The van der Waals surface area contributed by atoms with Crippen LogP contribution in [0, 0.1) is 18.6 Å². The summed E-state index contributed by atoms with van der Waals surface area (Å²) in [6.45, 7) is 1.31. The third-order valence-electron chi connectivity index (χ3n) is 3.66. The van der Waals surface area contributed by atoms with E-state index in [2.05, 4.69) is 10.4 Å². The monoisotopic (exact) mass is 371 g/mol. The van der Waals surface area contributed by atoms with Crippen molar-refractivity contribution in [2.24, 2.45) is 0 Å². The van der Waals surface area contributed by atoms with Crippen molar-refractivity contribution in [3.8, 4) is 5.69 Å². The summed E-state index contributed by atoms with van der Waals surface area (Å²) in [6.07, 6.45) is 1.67. The molecule has 0 saturated carbocycles. The summed E-state index contributed by atoms with van der Waals surface area (Å²) in [6, 6.07) is 11.0. The summed E-state index contributed by atoms with van der Waals surface area (Å²) in [5.41, 5.74) is 1.91. The summed E-state index contributed by atoms with van der Waals surface area (Å²) in [5.74, 6) is -3.05. The van der Waals surface area contributed by atoms with Crippen LogP contribution in [0.15, 0.2) is 54.7 Å². The van der Waals surface area contributed by atoms with E-state index in [-0.39, 0.29) is 11.3 Å². The molecule has 27 heavy (non-hydrogen) atoms. The van der Waals surface area contributed by atoms with Crippen molar-refractivity contribution in [2.75, 3.05) is 11.9 Å². The molecule has 0 radical (unpaired) electrons. The Morgan fingerprint density at radius 1 is 1.07 bits per heavy atom. The summed E-state index contributed by atoms with van der Waals surface area (Å²) in [7, 11) is 0. The molecule has 2 aromatic carbocycles. The second-order valence-electron chi connectivity index (χ2n) is 5.71. The lowest BCUT2D eigenvalue weighted by atomic mass is 10.2. The molecule has 0 unspecified atom stereocenters. The van der Waals surface area contributed by atoms with E-state index in [1.165, 1.54) is 0 Å². The highest BCUT2D eigenvalue weighted by atomic mass is 19.1. The Labute approximate surface area is 153 Å². The minimum absolute atomic E-state index is 0.0625. The van der Waals surface area contributed by atoms with Gasteiger partial charge in [0.1, 0.15) is 11.6 Å². The number of aryl methyl sites for hydroxylation is 1. The van der Waals surface area contributed by atoms with Gasteiger partial charge in [-0.15, -0.1) is 0 Å². The molecule has 0 bridgehead atoms. The van der Waals surface area contributed by atoms with Crippen molar-refractivity contribution < 1.29 is 23.1 Å². The quantitative estimate of drug-likeness (QED) is 0.699. The number of aromatic nitrogens is 2. The largest absolute Gasteiger partial charge is 0.452 e. The lowest BCUT2D eigenvalue weighted by molar-refractivity contribution is -0.119. The Kier molecular flexibility index (Phi) is 5.25. The summed E-state index contributed by atoms with van der Waals surface area (Å²) >= 11 is 0. The molecule has 1 aromatic heterocycles. The SMILES string of the molecule is Cc1ccnn1-c1ccc(C(=O)OCC(=O)Nc2cc(F)cc(F)c2)cc1. The van der Waals surface area contributed by atoms with Crippen molar-refractivity contribution in [1.82, 2.24) is 9.78 Å². The highest BCUT2D eigenvalue weighted by Gasteiger charge is 2.12. The lowest BCUT2D eigenvalue weighted by Crippen LogP contribution is -2.21. The van der Waals surface area contributed by atoms with Crippen molar-refractivity contribution in [2.45, 2.75) is 6.92 Å². The van der Waals surface area contributed by atoms with Gasteiger partial charge in [-0.3, -0.25) is 4.79 Å². The van der Waals surface area contributed by atoms with Crippen LogP contribution in [-0.2, 0) is 9.53 Å². The van der Waals surface area contributed by atoms with Gasteiger partial charge in [-0.05, 0) is 49.4 Å². The minimum atomic E-state index is -0.824. The molecule has 0 saturated heterocycles. The summed E-state index contributed by atoms with van der Waals surface area (Å²) < 4.78 is 32.8. The van der Waals surface area contributed by atoms with Gasteiger partial charge in [0.15, 0.2) is 6.61 Å². The normalized spacial score (nSPS) is 10.5. The van der Waals surface area contributed by atoms with Gasteiger partial charge in [-0.2, -0.15) is 5.10 Å². The van der Waals surface area contributed by atoms with Gasteiger partial charge in [-0.25, -0.2) is 18.3 Å². The van der Waals surface area contributed by atoms with E-state index in [1.807, 2.05) is 13.0 Å². The molecule has 1 N–H and O–H groups in total. The number of amides is 1. The van der Waals surface area contributed by atoms with Crippen LogP contribution in [0.4, 0.5) is 14.5 Å². The Balaban J connectivity index is 1.57. The van der Waals surface area contributed by atoms with E-state index in [0.29, 0.717) is 6.07 Å². The minimum Gasteiger partial charge on any atom is -0.452 e. The average Bonchev–Trinajstić information content (AvgIpc) is 3.05. The lowest BCUT2D eigenvalue weighted by Gasteiger charge is -2.08. The molecule has 3 aromatic rings. The number of benzene rings is 2. The standard InChI is InChI=1S/C19H15F2N3O3/c1-12-6-7-22-24(12)17-4-2-13(3-5-17)19(26)27-11-18(25)23-16-9-14(20)8-15(21)10-16/h2-10H,11H2,1H3,(H,23,25). The van der Waals surface area contributed by atoms with Crippen LogP contribution in [0.3, 0.4) is 0 Å². The number of nitrogens with zero attached hydrogens (tertiary/aromatic N) is 2. The van der Waals surface area contributed by atoms with Gasteiger partial charge < -0.3 is 10.1 Å². The third kappa shape index (κ3) is 4.55. The van der Waals surface area contributed by atoms with Crippen molar-refractivity contribution in [3.05, 3.63) is 77.6 Å². The summed E-state index contributed by atoms with van der Waals surface area (Å²) in [5, 5.41) is 6.42. The molecule has 0 aliphatic heterocycles. The maximum absolute atomic E-state index is 13.1. The third-order valence-corrected chi connectivity index (χ3v) is 3.66. The smallest absolute Gasteiger partial charge is 0.338 e. The van der Waals surface area contributed by atoms with E-state index in [4.69, 9.17) is 4.74 Å². The first-order chi connectivity index (χ1) is 12.9. The van der Waals surface area contributed by atoms with Gasteiger partial charge >= 0.3 is 5.97 Å². The predicted octanol–water partition coefficient (Wildman–Crippen LogP) is 3.25. The zero-order chi connectivity index (χ0) is 19.4. The van der Waals surface area contributed by atoms with Crippen LogP contribution >= 0.6 is 0 Å². The van der Waals surface area contributed by atoms with Gasteiger partial charge in [-0.1, -0.05) is 0 Å². The van der Waals surface area contributed by atoms with Crippen molar-refractivity contribution in [1.29, 1.82) is 0 Å². The molecule has 1 amide bonds. The number of hydrogen-bond donors (Lipinski definition) is 1. The fourth-order valence-electron chi connectivity index (χ4n) is 2.42. The fourth-order valence-corrected chi connectivity index (χ4v) is 2.42. The first kappa shape index (κ1) is 18.2. The number of carbonyl (C=O) groups is 2. The van der Waals surface area contributed by atoms with E-state index >= 15 is 0 Å². The molecule has 6 nitrogen and oxygen atoms in total. The van der Waals surface area contributed by atoms with Crippen LogP contribution in [0.25, 0.3) is 5.69 Å². The fraction of sp³-hybridized carbons (Fsp3) is 0.105. The molecular formula is C19H15F2N3O3. The van der Waals surface area contributed by atoms with Crippen LogP contribution < -0.4 is 5.32 Å². The van der Waals surface area contributed by atoms with E-state index in [0.717, 1.165) is 23.5 Å². The number of carbonyl (C=O) groups excluding carboxylic acids is 2. The van der Waals surface area contributed by atoms with Crippen molar-refractivity contribution >= 4 is 17.6 Å². The molecule has 0 aliphatic carbocycles. The van der Waals surface area contributed by atoms with Crippen LogP contribution in [0.2, 0.25) is 0 Å². The Bertz CT molecular complexity index is 964. The Morgan fingerprint density at radius 2 is 1.74 bits per heavy atom. The highest BCUT2D eigenvalue weighted by molar-refractivity contribution is 5.95. The number of hydrogen-bond acceptors (Lipinski definition) is 4. The van der Waals surface area contributed by atoms with Crippen molar-refractivity contribution in [3.63, 3.8) is 0 Å². The second kappa shape index (κ2) is 7.77. The molecule has 0 aliphatic rings. The zero-order valence-electron chi connectivity index (χ0n) is 14.3. The number of anilines is 1. The molecular weight excluding hydrogens is 356 g/mol. The Morgan fingerprint density at radius 3 is 2.33 bits per heavy atom. The molecule has 1 heterocycles. The number of esters is 1. The van der Waals surface area contributed by atoms with Crippen LogP contribution in [0.1, 0.15) is 16.1 Å². The van der Waals surface area contributed by atoms with E-state index in [9.17, 15) is 18.4 Å². The molecule has 0 fully saturated rings. The molecule has 3 rings (SSSR count). The van der Waals surface area contributed by atoms with Gasteiger partial charge in [0.2, 0.25) is 0 Å².